The number of rotatable bonds is 4. The maximum absolute atomic E-state index is 11.1. The van der Waals surface area contributed by atoms with Gasteiger partial charge in [0.05, 0.1) is 17.2 Å². The van der Waals surface area contributed by atoms with Crippen LogP contribution in [-0.4, -0.2) is 11.1 Å². The lowest BCUT2D eigenvalue weighted by Crippen LogP contribution is -1.95. The van der Waals surface area contributed by atoms with Crippen LogP contribution in [0.3, 0.4) is 0 Å². The van der Waals surface area contributed by atoms with E-state index in [9.17, 15) is 10.1 Å². The van der Waals surface area contributed by atoms with E-state index in [0.717, 1.165) is 0 Å². The maximum atomic E-state index is 11.1. The summed E-state index contributed by atoms with van der Waals surface area (Å²) in [5, 5.41) is 19.0. The first kappa shape index (κ1) is 16.6. The van der Waals surface area contributed by atoms with Crippen LogP contribution < -0.4 is 0 Å². The Morgan fingerprint density at radius 1 is 1.08 bits per heavy atom. The Morgan fingerprint density at radius 3 is 2.56 bits per heavy atom. The highest BCUT2D eigenvalue weighted by atomic mass is 35.5. The van der Waals surface area contributed by atoms with Gasteiger partial charge in [-0.05, 0) is 48.0 Å². The van der Waals surface area contributed by atoms with Crippen molar-refractivity contribution in [2.75, 3.05) is 0 Å². The zero-order valence-electron chi connectivity index (χ0n) is 12.9. The van der Waals surface area contributed by atoms with Gasteiger partial charge in [0.2, 0.25) is 0 Å². The number of halogens is 1. The molecule has 0 saturated carbocycles. The summed E-state index contributed by atoms with van der Waals surface area (Å²) in [5.41, 5.74) is 1.95. The summed E-state index contributed by atoms with van der Waals surface area (Å²) < 4.78 is 5.74. The van der Waals surface area contributed by atoms with Gasteiger partial charge in [0.25, 0.3) is 0 Å². The van der Waals surface area contributed by atoms with Crippen molar-refractivity contribution < 1.29 is 14.3 Å². The zero-order chi connectivity index (χ0) is 17.8. The molecule has 0 fully saturated rings. The number of hydrogen-bond donors (Lipinski definition) is 1. The first-order valence-corrected chi connectivity index (χ1v) is 7.76. The molecule has 1 N–H and O–H groups in total. The van der Waals surface area contributed by atoms with Crippen LogP contribution in [0.4, 0.5) is 0 Å². The Hall–Kier alpha value is -3.29. The van der Waals surface area contributed by atoms with E-state index in [1.807, 2.05) is 0 Å². The standard InChI is InChI=1S/C20H12ClNO3/c21-17-6-2-3-13(10-17)16(12-22)11-18-7-8-19(25-18)14-4-1-5-15(9-14)20(23)24/h1-11H,(H,23,24)/b16-11-. The van der Waals surface area contributed by atoms with E-state index in [2.05, 4.69) is 6.07 Å². The molecule has 1 heterocycles. The maximum Gasteiger partial charge on any atom is 0.335 e. The Labute approximate surface area is 149 Å². The van der Waals surface area contributed by atoms with Gasteiger partial charge in [-0.25, -0.2) is 4.79 Å². The molecule has 25 heavy (non-hydrogen) atoms. The Morgan fingerprint density at radius 2 is 1.84 bits per heavy atom. The Bertz CT molecular complexity index is 1010. The SMILES string of the molecule is N#C/C(=C/c1ccc(-c2cccc(C(=O)O)c2)o1)c1cccc(Cl)c1. The number of carboxylic acid groups (broad SMARTS) is 1. The molecule has 2 aromatic carbocycles. The van der Waals surface area contributed by atoms with Gasteiger partial charge < -0.3 is 9.52 Å². The van der Waals surface area contributed by atoms with Crippen LogP contribution in [0, 0.1) is 11.3 Å². The lowest BCUT2D eigenvalue weighted by molar-refractivity contribution is 0.0697. The minimum atomic E-state index is -0.999. The first-order valence-electron chi connectivity index (χ1n) is 7.38. The number of aromatic carboxylic acids is 1. The van der Waals surface area contributed by atoms with Crippen molar-refractivity contribution in [3.63, 3.8) is 0 Å². The second-order valence-electron chi connectivity index (χ2n) is 5.27. The van der Waals surface area contributed by atoms with Gasteiger partial charge >= 0.3 is 5.97 Å². The second kappa shape index (κ2) is 7.08. The fourth-order valence-electron chi connectivity index (χ4n) is 2.37. The molecule has 0 saturated heterocycles. The summed E-state index contributed by atoms with van der Waals surface area (Å²) >= 11 is 5.97. The molecule has 3 aromatic rings. The van der Waals surface area contributed by atoms with Crippen LogP contribution in [-0.2, 0) is 0 Å². The van der Waals surface area contributed by atoms with Crippen LogP contribution in [0.15, 0.2) is 65.1 Å². The van der Waals surface area contributed by atoms with Crippen LogP contribution in [0.1, 0.15) is 21.7 Å². The van der Waals surface area contributed by atoms with E-state index >= 15 is 0 Å². The van der Waals surface area contributed by atoms with Crippen molar-refractivity contribution in [2.24, 2.45) is 0 Å². The van der Waals surface area contributed by atoms with Gasteiger partial charge in [0.15, 0.2) is 0 Å². The molecule has 4 nitrogen and oxygen atoms in total. The third kappa shape index (κ3) is 3.79. The van der Waals surface area contributed by atoms with Crippen LogP contribution in [0.25, 0.3) is 23.0 Å². The highest BCUT2D eigenvalue weighted by Crippen LogP contribution is 2.26. The molecular formula is C20H12ClNO3. The molecule has 122 valence electrons. The van der Waals surface area contributed by atoms with Crippen molar-refractivity contribution in [2.45, 2.75) is 0 Å². The lowest BCUT2D eigenvalue weighted by Gasteiger charge is -2.00. The summed E-state index contributed by atoms with van der Waals surface area (Å²) in [7, 11) is 0. The first-order chi connectivity index (χ1) is 12.1. The second-order valence-corrected chi connectivity index (χ2v) is 5.70. The Kier molecular flexibility index (Phi) is 4.69. The van der Waals surface area contributed by atoms with Crippen molar-refractivity contribution in [3.05, 3.63) is 82.6 Å². The average Bonchev–Trinajstić information content (AvgIpc) is 3.08. The van der Waals surface area contributed by atoms with E-state index in [1.165, 1.54) is 12.1 Å². The van der Waals surface area contributed by atoms with Crippen molar-refractivity contribution in [1.29, 1.82) is 5.26 Å². The van der Waals surface area contributed by atoms with Crippen molar-refractivity contribution >= 4 is 29.2 Å². The van der Waals surface area contributed by atoms with Gasteiger partial charge in [-0.15, -0.1) is 0 Å². The number of furan rings is 1. The third-order valence-electron chi connectivity index (χ3n) is 3.56. The molecule has 0 aliphatic rings. The summed E-state index contributed by atoms with van der Waals surface area (Å²) in [6.07, 6.45) is 1.62. The average molecular weight is 350 g/mol. The summed E-state index contributed by atoms with van der Waals surface area (Å²) in [5.74, 6) is 0.0197. The van der Waals surface area contributed by atoms with Gasteiger partial charge in [-0.1, -0.05) is 35.9 Å². The third-order valence-corrected chi connectivity index (χ3v) is 3.80. The largest absolute Gasteiger partial charge is 0.478 e. The molecular weight excluding hydrogens is 338 g/mol. The van der Waals surface area contributed by atoms with Gasteiger partial charge in [-0.2, -0.15) is 5.26 Å². The molecule has 3 rings (SSSR count). The van der Waals surface area contributed by atoms with Gasteiger partial charge in [0, 0.05) is 10.6 Å². The molecule has 1 aromatic heterocycles. The minimum absolute atomic E-state index is 0.183. The summed E-state index contributed by atoms with van der Waals surface area (Å²) in [4.78, 5) is 11.1. The topological polar surface area (TPSA) is 74.2 Å². The molecule has 0 radical (unpaired) electrons. The number of nitriles is 1. The number of allylic oxidation sites excluding steroid dienone is 1. The van der Waals surface area contributed by atoms with E-state index < -0.39 is 5.97 Å². The van der Waals surface area contributed by atoms with E-state index in [0.29, 0.717) is 33.2 Å². The predicted octanol–water partition coefficient (Wildman–Crippen LogP) is 5.36. The smallest absolute Gasteiger partial charge is 0.335 e. The summed E-state index contributed by atoms with van der Waals surface area (Å²) in [6, 6.07) is 19.1. The van der Waals surface area contributed by atoms with E-state index in [1.54, 1.807) is 54.6 Å². The fourth-order valence-corrected chi connectivity index (χ4v) is 2.56. The minimum Gasteiger partial charge on any atom is -0.478 e. The predicted molar refractivity (Wildman–Crippen MR) is 96.0 cm³/mol. The number of hydrogen-bond acceptors (Lipinski definition) is 3. The van der Waals surface area contributed by atoms with Crippen LogP contribution in [0.5, 0.6) is 0 Å². The number of nitrogens with zero attached hydrogens (tertiary/aromatic N) is 1. The quantitative estimate of drug-likeness (QED) is 0.643. The van der Waals surface area contributed by atoms with Crippen LogP contribution in [0.2, 0.25) is 5.02 Å². The summed E-state index contributed by atoms with van der Waals surface area (Å²) in [6.45, 7) is 0. The molecule has 0 spiro atoms. The number of benzene rings is 2. The van der Waals surface area contributed by atoms with E-state index in [4.69, 9.17) is 21.1 Å². The monoisotopic (exact) mass is 349 g/mol. The van der Waals surface area contributed by atoms with Crippen molar-refractivity contribution in [1.82, 2.24) is 0 Å². The molecule has 5 heteroatoms. The molecule has 0 aliphatic carbocycles. The molecule has 0 atom stereocenters. The molecule has 0 amide bonds. The highest BCUT2D eigenvalue weighted by Gasteiger charge is 2.09. The van der Waals surface area contributed by atoms with Gasteiger partial charge in [-0.3, -0.25) is 0 Å². The fraction of sp³-hybridized carbons (Fsp3) is 0. The molecule has 0 bridgehead atoms. The molecule has 0 unspecified atom stereocenters. The van der Waals surface area contributed by atoms with Gasteiger partial charge in [0.1, 0.15) is 11.5 Å². The molecule has 0 aliphatic heterocycles. The number of carbonyl (C=O) groups is 1. The number of carboxylic acids is 1. The zero-order valence-corrected chi connectivity index (χ0v) is 13.7. The van der Waals surface area contributed by atoms with Crippen molar-refractivity contribution in [3.8, 4) is 17.4 Å². The normalized spacial score (nSPS) is 11.1. The lowest BCUT2D eigenvalue weighted by atomic mass is 10.1. The highest BCUT2D eigenvalue weighted by molar-refractivity contribution is 6.30. The van der Waals surface area contributed by atoms with Crippen LogP contribution >= 0.6 is 11.6 Å². The Balaban J connectivity index is 1.94. The van der Waals surface area contributed by atoms with E-state index in [-0.39, 0.29) is 5.56 Å².